The van der Waals surface area contributed by atoms with Crippen LogP contribution in [0.25, 0.3) is 11.1 Å². The van der Waals surface area contributed by atoms with Crippen molar-refractivity contribution >= 4 is 11.8 Å². The zero-order valence-electron chi connectivity index (χ0n) is 12.3. The van der Waals surface area contributed by atoms with Gasteiger partial charge in [-0.05, 0) is 12.1 Å². The Morgan fingerprint density at radius 3 is 3.04 bits per heavy atom. The molecular weight excluding hydrogens is 300 g/mol. The van der Waals surface area contributed by atoms with Gasteiger partial charge in [-0.2, -0.15) is 0 Å². The van der Waals surface area contributed by atoms with Crippen LogP contribution in [0.15, 0.2) is 52.4 Å². The Bertz CT molecular complexity index is 696. The Morgan fingerprint density at radius 1 is 1.39 bits per heavy atom. The minimum absolute atomic E-state index is 0.164. The van der Waals surface area contributed by atoms with Crippen molar-refractivity contribution in [3.63, 3.8) is 0 Å². The lowest BCUT2D eigenvalue weighted by Crippen LogP contribution is -2.28. The molecule has 0 bridgehead atoms. The molecular formula is C16H16N2O5. The number of hydrogen-bond acceptors (Lipinski definition) is 5. The van der Waals surface area contributed by atoms with Gasteiger partial charge in [-0.3, -0.25) is 0 Å². The third-order valence-corrected chi connectivity index (χ3v) is 3.38. The molecule has 1 aromatic heterocycles. The van der Waals surface area contributed by atoms with E-state index in [1.165, 1.54) is 0 Å². The van der Waals surface area contributed by atoms with Crippen LogP contribution < -0.4 is 10.1 Å². The van der Waals surface area contributed by atoms with E-state index in [9.17, 15) is 4.79 Å². The number of rotatable bonds is 6. The minimum Gasteiger partial charge on any atom is -0.489 e. The number of ether oxygens (including phenoxy) is 1. The molecule has 1 amide bonds. The minimum atomic E-state index is -1.08. The van der Waals surface area contributed by atoms with Gasteiger partial charge in [0.15, 0.2) is 6.10 Å². The molecule has 1 aromatic carbocycles. The van der Waals surface area contributed by atoms with Crippen molar-refractivity contribution in [2.24, 2.45) is 5.16 Å². The van der Waals surface area contributed by atoms with Gasteiger partial charge in [-0.1, -0.05) is 23.4 Å². The zero-order valence-corrected chi connectivity index (χ0v) is 12.3. The van der Waals surface area contributed by atoms with Gasteiger partial charge >= 0.3 is 6.09 Å². The van der Waals surface area contributed by atoms with Crippen LogP contribution in [0.3, 0.4) is 0 Å². The SMILES string of the molecule is O=C(O)NCC1=NOC(COc2ccccc2-c2ccoc2)C1. The van der Waals surface area contributed by atoms with E-state index in [1.54, 1.807) is 12.5 Å². The maximum Gasteiger partial charge on any atom is 0.404 e. The highest BCUT2D eigenvalue weighted by Gasteiger charge is 2.22. The van der Waals surface area contributed by atoms with Crippen LogP contribution >= 0.6 is 0 Å². The summed E-state index contributed by atoms with van der Waals surface area (Å²) in [5.41, 5.74) is 2.53. The first kappa shape index (κ1) is 15.0. The fourth-order valence-corrected chi connectivity index (χ4v) is 2.29. The van der Waals surface area contributed by atoms with E-state index in [0.29, 0.717) is 18.7 Å². The van der Waals surface area contributed by atoms with E-state index in [0.717, 1.165) is 16.9 Å². The van der Waals surface area contributed by atoms with Crippen molar-refractivity contribution in [2.75, 3.05) is 13.2 Å². The van der Waals surface area contributed by atoms with Gasteiger partial charge in [0.25, 0.3) is 0 Å². The predicted octanol–water partition coefficient (Wildman–Crippen LogP) is 2.74. The highest BCUT2D eigenvalue weighted by Crippen LogP contribution is 2.30. The lowest BCUT2D eigenvalue weighted by Gasteiger charge is -2.13. The van der Waals surface area contributed by atoms with Crippen molar-refractivity contribution in [3.8, 4) is 16.9 Å². The summed E-state index contributed by atoms with van der Waals surface area (Å²) in [6.07, 6.45) is 2.50. The van der Waals surface area contributed by atoms with Crippen molar-refractivity contribution in [1.82, 2.24) is 5.32 Å². The van der Waals surface area contributed by atoms with Gasteiger partial charge < -0.3 is 24.4 Å². The first-order valence-electron chi connectivity index (χ1n) is 7.15. The molecule has 7 heteroatoms. The highest BCUT2D eigenvalue weighted by molar-refractivity contribution is 5.89. The summed E-state index contributed by atoms with van der Waals surface area (Å²) in [5.74, 6) is 0.731. The molecule has 120 valence electrons. The fourth-order valence-electron chi connectivity index (χ4n) is 2.29. The lowest BCUT2D eigenvalue weighted by atomic mass is 10.1. The molecule has 7 nitrogen and oxygen atoms in total. The normalized spacial score (nSPS) is 16.5. The van der Waals surface area contributed by atoms with Crippen LogP contribution in [0.2, 0.25) is 0 Å². The predicted molar refractivity (Wildman–Crippen MR) is 82.6 cm³/mol. The molecule has 23 heavy (non-hydrogen) atoms. The number of carboxylic acid groups (broad SMARTS) is 1. The second-order valence-corrected chi connectivity index (χ2v) is 5.07. The van der Waals surface area contributed by atoms with Gasteiger partial charge in [-0.15, -0.1) is 0 Å². The molecule has 2 N–H and O–H groups in total. The summed E-state index contributed by atoms with van der Waals surface area (Å²) in [5, 5.41) is 14.7. The van der Waals surface area contributed by atoms with Gasteiger partial charge in [0.2, 0.25) is 0 Å². The van der Waals surface area contributed by atoms with E-state index in [-0.39, 0.29) is 12.6 Å². The number of nitrogens with one attached hydrogen (secondary N) is 1. The van der Waals surface area contributed by atoms with Crippen LogP contribution in [0.1, 0.15) is 6.42 Å². The average Bonchev–Trinajstić information content (AvgIpc) is 3.23. The Balaban J connectivity index is 1.55. The molecule has 0 saturated heterocycles. The molecule has 1 aliphatic heterocycles. The molecule has 1 aliphatic rings. The number of amides is 1. The summed E-state index contributed by atoms with van der Waals surface area (Å²) >= 11 is 0. The smallest absolute Gasteiger partial charge is 0.404 e. The molecule has 0 saturated carbocycles. The van der Waals surface area contributed by atoms with Crippen molar-refractivity contribution < 1.29 is 23.9 Å². The average molecular weight is 316 g/mol. The number of para-hydroxylation sites is 1. The summed E-state index contributed by atoms with van der Waals surface area (Å²) in [6.45, 7) is 0.492. The van der Waals surface area contributed by atoms with E-state index >= 15 is 0 Å². The molecule has 0 radical (unpaired) electrons. The second kappa shape index (κ2) is 6.87. The van der Waals surface area contributed by atoms with Crippen LogP contribution in [0.4, 0.5) is 4.79 Å². The summed E-state index contributed by atoms with van der Waals surface area (Å²) < 4.78 is 11.0. The Morgan fingerprint density at radius 2 is 2.26 bits per heavy atom. The summed E-state index contributed by atoms with van der Waals surface area (Å²) in [4.78, 5) is 15.7. The van der Waals surface area contributed by atoms with Crippen molar-refractivity contribution in [1.29, 1.82) is 0 Å². The summed E-state index contributed by atoms with van der Waals surface area (Å²) in [7, 11) is 0. The Labute approximate surface area is 132 Å². The molecule has 0 aliphatic carbocycles. The standard InChI is InChI=1S/C16H16N2O5/c19-16(20)17-8-12-7-13(23-18-12)10-22-15-4-2-1-3-14(15)11-5-6-21-9-11/h1-6,9,13,17H,7-8,10H2,(H,19,20). The molecule has 0 fully saturated rings. The van der Waals surface area contributed by atoms with E-state index in [1.807, 2.05) is 30.3 Å². The topological polar surface area (TPSA) is 93.3 Å². The lowest BCUT2D eigenvalue weighted by molar-refractivity contribution is 0.0472. The van der Waals surface area contributed by atoms with E-state index < -0.39 is 6.09 Å². The number of oxime groups is 1. The van der Waals surface area contributed by atoms with E-state index in [2.05, 4.69) is 10.5 Å². The van der Waals surface area contributed by atoms with Crippen molar-refractivity contribution in [2.45, 2.75) is 12.5 Å². The second-order valence-electron chi connectivity index (χ2n) is 5.07. The van der Waals surface area contributed by atoms with E-state index in [4.69, 9.17) is 19.1 Å². The molecule has 2 aromatic rings. The maximum atomic E-state index is 10.5. The molecule has 3 rings (SSSR count). The van der Waals surface area contributed by atoms with Crippen LogP contribution in [0, 0.1) is 0 Å². The Kier molecular flexibility index (Phi) is 4.46. The number of carbonyl (C=O) groups is 1. The van der Waals surface area contributed by atoms with Crippen LogP contribution in [-0.2, 0) is 4.84 Å². The first-order valence-corrected chi connectivity index (χ1v) is 7.15. The molecule has 2 heterocycles. The largest absolute Gasteiger partial charge is 0.489 e. The summed E-state index contributed by atoms with van der Waals surface area (Å²) in [6, 6.07) is 9.53. The highest BCUT2D eigenvalue weighted by atomic mass is 16.7. The Hall–Kier alpha value is -2.96. The molecule has 1 unspecified atom stereocenters. The zero-order chi connectivity index (χ0) is 16.1. The van der Waals surface area contributed by atoms with Gasteiger partial charge in [0.1, 0.15) is 12.4 Å². The first-order chi connectivity index (χ1) is 11.2. The number of benzene rings is 1. The third kappa shape index (κ3) is 3.82. The third-order valence-electron chi connectivity index (χ3n) is 3.38. The quantitative estimate of drug-likeness (QED) is 0.854. The number of nitrogens with zero attached hydrogens (tertiary/aromatic N) is 1. The fraction of sp³-hybridized carbons (Fsp3) is 0.250. The van der Waals surface area contributed by atoms with Crippen LogP contribution in [-0.4, -0.2) is 36.2 Å². The maximum absolute atomic E-state index is 10.5. The molecule has 1 atom stereocenters. The number of furan rings is 1. The van der Waals surface area contributed by atoms with Gasteiger partial charge in [0.05, 0.1) is 24.8 Å². The van der Waals surface area contributed by atoms with Crippen molar-refractivity contribution in [3.05, 3.63) is 42.9 Å². The molecule has 0 spiro atoms. The van der Waals surface area contributed by atoms with Gasteiger partial charge in [-0.25, -0.2) is 4.79 Å². The van der Waals surface area contributed by atoms with Gasteiger partial charge in [0, 0.05) is 17.5 Å². The monoisotopic (exact) mass is 316 g/mol. The number of hydrogen-bond donors (Lipinski definition) is 2. The van der Waals surface area contributed by atoms with Crippen LogP contribution in [0.5, 0.6) is 5.75 Å².